The van der Waals surface area contributed by atoms with Gasteiger partial charge < -0.3 is 10.4 Å². The van der Waals surface area contributed by atoms with Crippen LogP contribution < -0.4 is 5.32 Å². The number of benzene rings is 1. The van der Waals surface area contributed by atoms with Crippen molar-refractivity contribution >= 4 is 52.0 Å². The molecule has 98 valence electrons. The molecule has 1 aliphatic heterocycles. The molecule has 1 unspecified atom stereocenters. The van der Waals surface area contributed by atoms with Gasteiger partial charge in [0, 0.05) is 34.6 Å². The molecule has 0 saturated carbocycles. The number of rotatable bonds is 3. The lowest BCUT2D eigenvalue weighted by atomic mass is 10.2. The molecule has 1 saturated heterocycles. The van der Waals surface area contributed by atoms with Gasteiger partial charge in [0.2, 0.25) is 0 Å². The van der Waals surface area contributed by atoms with Crippen LogP contribution in [-0.4, -0.2) is 40.1 Å². The van der Waals surface area contributed by atoms with E-state index in [-0.39, 0.29) is 11.7 Å². The van der Waals surface area contributed by atoms with Gasteiger partial charge in [0.15, 0.2) is 0 Å². The molecular formula is C12H14INO2S2. The molecule has 1 atom stereocenters. The van der Waals surface area contributed by atoms with Crippen molar-refractivity contribution in [3.8, 4) is 5.75 Å². The Kier molecular flexibility index (Phi) is 5.50. The highest BCUT2D eigenvalue weighted by molar-refractivity contribution is 14.1. The van der Waals surface area contributed by atoms with Crippen LogP contribution in [0.5, 0.6) is 5.75 Å². The quantitative estimate of drug-likeness (QED) is 0.773. The number of thioether (sulfide) groups is 2. The summed E-state index contributed by atoms with van der Waals surface area (Å²) < 4.78 is 0.753. The minimum atomic E-state index is -0.113. The maximum absolute atomic E-state index is 11.9. The normalized spacial score (nSPS) is 19.5. The molecule has 1 aromatic carbocycles. The summed E-state index contributed by atoms with van der Waals surface area (Å²) in [5, 5.41) is 13.0. The van der Waals surface area contributed by atoms with Crippen LogP contribution >= 0.6 is 46.1 Å². The van der Waals surface area contributed by atoms with E-state index in [1.807, 2.05) is 46.1 Å². The van der Waals surface area contributed by atoms with Gasteiger partial charge in [0.25, 0.3) is 5.91 Å². The third kappa shape index (κ3) is 3.96. The Bertz CT molecular complexity index is 436. The molecule has 0 aromatic heterocycles. The van der Waals surface area contributed by atoms with Crippen molar-refractivity contribution in [2.24, 2.45) is 0 Å². The highest BCUT2D eigenvalue weighted by atomic mass is 127. The molecule has 1 aliphatic rings. The van der Waals surface area contributed by atoms with Crippen molar-refractivity contribution in [2.45, 2.75) is 5.25 Å². The van der Waals surface area contributed by atoms with Gasteiger partial charge in [-0.3, -0.25) is 4.79 Å². The Labute approximate surface area is 129 Å². The summed E-state index contributed by atoms with van der Waals surface area (Å²) in [5.74, 6) is 3.52. The number of hydrogen-bond donors (Lipinski definition) is 2. The van der Waals surface area contributed by atoms with E-state index in [4.69, 9.17) is 0 Å². The fraction of sp³-hybridized carbons (Fsp3) is 0.417. The zero-order valence-electron chi connectivity index (χ0n) is 9.69. The molecule has 1 amide bonds. The van der Waals surface area contributed by atoms with Crippen LogP contribution in [0.15, 0.2) is 18.2 Å². The van der Waals surface area contributed by atoms with Crippen LogP contribution in [0.2, 0.25) is 0 Å². The molecule has 6 heteroatoms. The zero-order chi connectivity index (χ0) is 13.0. The maximum Gasteiger partial charge on any atom is 0.251 e. The third-order valence-corrected chi connectivity index (χ3v) is 6.34. The second-order valence-electron chi connectivity index (χ2n) is 3.94. The number of carbonyl (C=O) groups is 1. The number of amides is 1. The van der Waals surface area contributed by atoms with E-state index in [1.54, 1.807) is 12.1 Å². The van der Waals surface area contributed by atoms with Gasteiger partial charge >= 0.3 is 0 Å². The van der Waals surface area contributed by atoms with Crippen LogP contribution in [0.4, 0.5) is 0 Å². The lowest BCUT2D eigenvalue weighted by Gasteiger charge is -2.21. The number of halogens is 1. The summed E-state index contributed by atoms with van der Waals surface area (Å²) >= 11 is 5.89. The molecule has 0 aliphatic carbocycles. The van der Waals surface area contributed by atoms with Crippen LogP contribution in [-0.2, 0) is 0 Å². The van der Waals surface area contributed by atoms with E-state index in [0.717, 1.165) is 15.1 Å². The molecule has 0 bridgehead atoms. The Balaban J connectivity index is 1.88. The summed E-state index contributed by atoms with van der Waals surface area (Å²) in [5.41, 5.74) is 0.515. The minimum absolute atomic E-state index is 0.113. The molecule has 0 spiro atoms. The van der Waals surface area contributed by atoms with Gasteiger partial charge in [-0.2, -0.15) is 23.5 Å². The van der Waals surface area contributed by atoms with E-state index in [0.29, 0.717) is 17.4 Å². The predicted octanol–water partition coefficient (Wildman–Crippen LogP) is 2.58. The number of phenols is 1. The van der Waals surface area contributed by atoms with E-state index in [2.05, 4.69) is 5.32 Å². The standard InChI is InChI=1S/C12H14INO2S2/c13-10-2-1-8(5-11(10)15)12(16)14-6-9-7-17-3-4-18-9/h1-2,5,9,15H,3-4,6-7H2,(H,14,16). The van der Waals surface area contributed by atoms with E-state index >= 15 is 0 Å². The smallest absolute Gasteiger partial charge is 0.251 e. The van der Waals surface area contributed by atoms with Gasteiger partial charge in [0.05, 0.1) is 3.57 Å². The summed E-state index contributed by atoms with van der Waals surface area (Å²) in [4.78, 5) is 11.9. The molecule has 2 N–H and O–H groups in total. The van der Waals surface area contributed by atoms with E-state index in [9.17, 15) is 9.90 Å². The highest BCUT2D eigenvalue weighted by Gasteiger charge is 2.16. The first-order chi connectivity index (χ1) is 8.66. The zero-order valence-corrected chi connectivity index (χ0v) is 13.5. The lowest BCUT2D eigenvalue weighted by Crippen LogP contribution is -2.33. The Hall–Kier alpha value is -0.0800. The third-order valence-electron chi connectivity index (χ3n) is 2.58. The van der Waals surface area contributed by atoms with Crippen LogP contribution in [0.25, 0.3) is 0 Å². The molecular weight excluding hydrogens is 381 g/mol. The molecule has 0 radical (unpaired) electrons. The maximum atomic E-state index is 11.9. The van der Waals surface area contributed by atoms with Crippen molar-refractivity contribution in [2.75, 3.05) is 23.8 Å². The number of nitrogens with one attached hydrogen (secondary N) is 1. The van der Waals surface area contributed by atoms with Gasteiger partial charge in [-0.05, 0) is 40.8 Å². The van der Waals surface area contributed by atoms with Gasteiger partial charge in [-0.25, -0.2) is 0 Å². The first-order valence-corrected chi connectivity index (χ1v) is 8.91. The first kappa shape index (κ1) is 14.3. The van der Waals surface area contributed by atoms with Crippen molar-refractivity contribution in [1.29, 1.82) is 0 Å². The average molecular weight is 395 g/mol. The summed E-state index contributed by atoms with van der Waals surface area (Å²) in [7, 11) is 0. The fourth-order valence-electron chi connectivity index (χ4n) is 1.62. The number of hydrogen-bond acceptors (Lipinski definition) is 4. The second kappa shape index (κ2) is 6.91. The predicted molar refractivity (Wildman–Crippen MR) is 86.7 cm³/mol. The van der Waals surface area contributed by atoms with Gasteiger partial charge in [-0.1, -0.05) is 0 Å². The summed E-state index contributed by atoms with van der Waals surface area (Å²) in [6.45, 7) is 0.698. The second-order valence-corrected chi connectivity index (χ2v) is 7.66. The lowest BCUT2D eigenvalue weighted by molar-refractivity contribution is 0.0954. The van der Waals surface area contributed by atoms with Crippen molar-refractivity contribution in [1.82, 2.24) is 5.32 Å². The SMILES string of the molecule is O=C(NCC1CSCCS1)c1ccc(I)c(O)c1. The van der Waals surface area contributed by atoms with Crippen LogP contribution in [0.3, 0.4) is 0 Å². The minimum Gasteiger partial charge on any atom is -0.507 e. The van der Waals surface area contributed by atoms with Crippen LogP contribution in [0.1, 0.15) is 10.4 Å². The Morgan fingerprint density at radius 2 is 2.33 bits per heavy atom. The Morgan fingerprint density at radius 3 is 3.00 bits per heavy atom. The summed E-state index contributed by atoms with van der Waals surface area (Å²) in [6.07, 6.45) is 0. The van der Waals surface area contributed by atoms with Crippen molar-refractivity contribution < 1.29 is 9.90 Å². The van der Waals surface area contributed by atoms with E-state index in [1.165, 1.54) is 11.8 Å². The van der Waals surface area contributed by atoms with E-state index < -0.39 is 0 Å². The number of aromatic hydroxyl groups is 1. The van der Waals surface area contributed by atoms with Crippen molar-refractivity contribution in [3.63, 3.8) is 0 Å². The van der Waals surface area contributed by atoms with Crippen molar-refractivity contribution in [3.05, 3.63) is 27.3 Å². The first-order valence-electron chi connectivity index (χ1n) is 5.63. The highest BCUT2D eigenvalue weighted by Crippen LogP contribution is 2.23. The van der Waals surface area contributed by atoms with Gasteiger partial charge in [0.1, 0.15) is 5.75 Å². The molecule has 2 rings (SSSR count). The molecule has 1 aromatic rings. The molecule has 1 heterocycles. The van der Waals surface area contributed by atoms with Gasteiger partial charge in [-0.15, -0.1) is 0 Å². The molecule has 18 heavy (non-hydrogen) atoms. The number of carbonyl (C=O) groups excluding carboxylic acids is 1. The number of phenolic OH excluding ortho intramolecular Hbond substituents is 1. The topological polar surface area (TPSA) is 49.3 Å². The molecule has 1 fully saturated rings. The largest absolute Gasteiger partial charge is 0.507 e. The van der Waals surface area contributed by atoms with Crippen LogP contribution in [0, 0.1) is 3.57 Å². The monoisotopic (exact) mass is 395 g/mol. The average Bonchev–Trinajstić information content (AvgIpc) is 2.40. The summed E-state index contributed by atoms with van der Waals surface area (Å²) in [6, 6.07) is 5.00. The molecule has 3 nitrogen and oxygen atoms in total. The Morgan fingerprint density at radius 1 is 1.50 bits per heavy atom. The fourth-order valence-corrected chi connectivity index (χ4v) is 4.56.